The molecule has 5 heteroatoms. The van der Waals surface area contributed by atoms with Crippen LogP contribution < -0.4 is 10.6 Å². The van der Waals surface area contributed by atoms with Crippen molar-refractivity contribution in [2.75, 3.05) is 27.2 Å². The van der Waals surface area contributed by atoms with Crippen molar-refractivity contribution in [1.29, 1.82) is 0 Å². The summed E-state index contributed by atoms with van der Waals surface area (Å²) in [5.74, 6) is 0.134. The van der Waals surface area contributed by atoms with Gasteiger partial charge in [-0.3, -0.25) is 4.79 Å². The molecule has 0 saturated carbocycles. The van der Waals surface area contributed by atoms with E-state index in [-0.39, 0.29) is 18.0 Å². The molecule has 2 heterocycles. The van der Waals surface area contributed by atoms with E-state index in [2.05, 4.69) is 32.4 Å². The lowest BCUT2D eigenvalue weighted by atomic mass is 10.1. The quantitative estimate of drug-likeness (QED) is 0.843. The van der Waals surface area contributed by atoms with Crippen LogP contribution in [0.3, 0.4) is 0 Å². The van der Waals surface area contributed by atoms with Crippen LogP contribution in [0.15, 0.2) is 16.8 Å². The lowest BCUT2D eigenvalue weighted by Gasteiger charge is -2.24. The molecule has 2 rings (SSSR count). The molecule has 1 aromatic rings. The van der Waals surface area contributed by atoms with Gasteiger partial charge < -0.3 is 15.5 Å². The van der Waals surface area contributed by atoms with Gasteiger partial charge in [0, 0.05) is 6.54 Å². The van der Waals surface area contributed by atoms with E-state index in [1.54, 1.807) is 11.3 Å². The third kappa shape index (κ3) is 3.31. The second kappa shape index (κ2) is 6.31. The minimum Gasteiger partial charge on any atom is -0.353 e. The summed E-state index contributed by atoms with van der Waals surface area (Å²) in [7, 11) is 4.09. The molecule has 1 aromatic heterocycles. The first kappa shape index (κ1) is 13.5. The maximum atomic E-state index is 12.0. The van der Waals surface area contributed by atoms with Crippen LogP contribution in [-0.4, -0.2) is 44.0 Å². The highest BCUT2D eigenvalue weighted by Gasteiger charge is 2.23. The van der Waals surface area contributed by atoms with Crippen molar-refractivity contribution >= 4 is 17.2 Å². The fourth-order valence-corrected chi connectivity index (χ4v) is 3.00. The summed E-state index contributed by atoms with van der Waals surface area (Å²) in [5, 5.41) is 10.5. The number of amides is 1. The molecular formula is C13H21N3OS. The van der Waals surface area contributed by atoms with Crippen LogP contribution in [0.4, 0.5) is 0 Å². The van der Waals surface area contributed by atoms with E-state index in [4.69, 9.17) is 0 Å². The lowest BCUT2D eigenvalue weighted by molar-refractivity contribution is -0.123. The van der Waals surface area contributed by atoms with Crippen LogP contribution in [0.5, 0.6) is 0 Å². The number of nitrogens with one attached hydrogen (secondary N) is 2. The van der Waals surface area contributed by atoms with Crippen molar-refractivity contribution in [1.82, 2.24) is 15.5 Å². The highest BCUT2D eigenvalue weighted by molar-refractivity contribution is 7.07. The summed E-state index contributed by atoms with van der Waals surface area (Å²) in [6.07, 6.45) is 2.05. The van der Waals surface area contributed by atoms with E-state index in [1.165, 1.54) is 5.56 Å². The van der Waals surface area contributed by atoms with Crippen molar-refractivity contribution in [3.05, 3.63) is 22.4 Å². The van der Waals surface area contributed by atoms with Gasteiger partial charge in [-0.15, -0.1) is 0 Å². The first-order valence-electron chi connectivity index (χ1n) is 6.38. The van der Waals surface area contributed by atoms with Gasteiger partial charge in [-0.25, -0.2) is 0 Å². The monoisotopic (exact) mass is 267 g/mol. The molecular weight excluding hydrogens is 246 g/mol. The van der Waals surface area contributed by atoms with Crippen LogP contribution in [0.25, 0.3) is 0 Å². The summed E-state index contributed by atoms with van der Waals surface area (Å²) in [4.78, 5) is 14.1. The molecule has 0 aliphatic carbocycles. The molecule has 1 amide bonds. The smallest absolute Gasteiger partial charge is 0.237 e. The molecule has 2 atom stereocenters. The number of thiophene rings is 1. The summed E-state index contributed by atoms with van der Waals surface area (Å²) in [6, 6.07) is 2.38. The van der Waals surface area contributed by atoms with E-state index in [0.717, 1.165) is 19.4 Å². The Labute approximate surface area is 112 Å². The van der Waals surface area contributed by atoms with Gasteiger partial charge >= 0.3 is 0 Å². The Balaban J connectivity index is 1.88. The Morgan fingerprint density at radius 1 is 1.67 bits per heavy atom. The molecule has 0 spiro atoms. The van der Waals surface area contributed by atoms with E-state index in [9.17, 15) is 4.79 Å². The van der Waals surface area contributed by atoms with Crippen molar-refractivity contribution < 1.29 is 4.79 Å². The maximum Gasteiger partial charge on any atom is 0.237 e. The third-order valence-electron chi connectivity index (χ3n) is 3.40. The van der Waals surface area contributed by atoms with E-state index < -0.39 is 0 Å². The first-order chi connectivity index (χ1) is 8.68. The Bertz CT molecular complexity index is 372. The highest BCUT2D eigenvalue weighted by atomic mass is 32.1. The predicted molar refractivity (Wildman–Crippen MR) is 74.8 cm³/mol. The van der Waals surface area contributed by atoms with Gasteiger partial charge in [0.15, 0.2) is 0 Å². The molecule has 1 fully saturated rings. The number of nitrogens with zero attached hydrogens (tertiary/aromatic N) is 1. The van der Waals surface area contributed by atoms with Crippen LogP contribution in [0.2, 0.25) is 0 Å². The Morgan fingerprint density at radius 2 is 2.50 bits per heavy atom. The van der Waals surface area contributed by atoms with Crippen LogP contribution in [-0.2, 0) is 4.79 Å². The van der Waals surface area contributed by atoms with E-state index in [1.807, 2.05) is 14.1 Å². The Kier molecular flexibility index (Phi) is 4.74. The molecule has 0 bridgehead atoms. The third-order valence-corrected chi connectivity index (χ3v) is 4.10. The number of carbonyl (C=O) groups is 1. The zero-order chi connectivity index (χ0) is 13.0. The van der Waals surface area contributed by atoms with Gasteiger partial charge in [-0.05, 0) is 55.9 Å². The molecule has 1 aliphatic rings. The van der Waals surface area contributed by atoms with Gasteiger partial charge in [-0.2, -0.15) is 11.3 Å². The second-order valence-corrected chi connectivity index (χ2v) is 5.71. The fraction of sp³-hybridized carbons (Fsp3) is 0.615. The van der Waals surface area contributed by atoms with Crippen LogP contribution in [0, 0.1) is 0 Å². The average Bonchev–Trinajstić information content (AvgIpc) is 3.01. The Morgan fingerprint density at radius 3 is 3.06 bits per heavy atom. The van der Waals surface area contributed by atoms with Crippen molar-refractivity contribution in [2.24, 2.45) is 0 Å². The van der Waals surface area contributed by atoms with Crippen LogP contribution in [0.1, 0.15) is 24.4 Å². The average molecular weight is 267 g/mol. The van der Waals surface area contributed by atoms with Gasteiger partial charge in [0.25, 0.3) is 0 Å². The molecule has 2 N–H and O–H groups in total. The molecule has 100 valence electrons. The number of carbonyl (C=O) groups excluding carboxylic acids is 1. The summed E-state index contributed by atoms with van der Waals surface area (Å²) in [5.41, 5.74) is 1.27. The lowest BCUT2D eigenvalue weighted by Crippen LogP contribution is -2.43. The summed E-state index contributed by atoms with van der Waals surface area (Å²) < 4.78 is 0. The van der Waals surface area contributed by atoms with Gasteiger partial charge in [-0.1, -0.05) is 0 Å². The van der Waals surface area contributed by atoms with Gasteiger partial charge in [0.05, 0.1) is 12.1 Å². The van der Waals surface area contributed by atoms with Crippen molar-refractivity contribution in [3.8, 4) is 0 Å². The van der Waals surface area contributed by atoms with Gasteiger partial charge in [0.2, 0.25) is 5.91 Å². The minimum atomic E-state index is 0.00952. The molecule has 0 aromatic carbocycles. The molecule has 4 nitrogen and oxygen atoms in total. The molecule has 18 heavy (non-hydrogen) atoms. The molecule has 1 saturated heterocycles. The highest BCUT2D eigenvalue weighted by Crippen LogP contribution is 2.20. The largest absolute Gasteiger partial charge is 0.353 e. The number of hydrogen-bond acceptors (Lipinski definition) is 4. The SMILES string of the molecule is CN(C)C(CNC(=O)C1CCCN1)c1ccsc1. The fourth-order valence-electron chi connectivity index (χ4n) is 2.29. The Hall–Kier alpha value is -0.910. The number of hydrogen-bond donors (Lipinski definition) is 2. The topological polar surface area (TPSA) is 44.4 Å². The zero-order valence-corrected chi connectivity index (χ0v) is 11.8. The maximum absolute atomic E-state index is 12.0. The second-order valence-electron chi connectivity index (χ2n) is 4.93. The van der Waals surface area contributed by atoms with E-state index in [0.29, 0.717) is 6.54 Å². The normalized spacial score (nSPS) is 21.2. The first-order valence-corrected chi connectivity index (χ1v) is 7.32. The molecule has 2 unspecified atom stereocenters. The predicted octanol–water partition coefficient (Wildman–Crippen LogP) is 1.22. The molecule has 1 aliphatic heterocycles. The van der Waals surface area contributed by atoms with Crippen LogP contribution >= 0.6 is 11.3 Å². The van der Waals surface area contributed by atoms with Crippen molar-refractivity contribution in [3.63, 3.8) is 0 Å². The van der Waals surface area contributed by atoms with Gasteiger partial charge in [0.1, 0.15) is 0 Å². The van der Waals surface area contributed by atoms with E-state index >= 15 is 0 Å². The summed E-state index contributed by atoms with van der Waals surface area (Å²) >= 11 is 1.69. The number of rotatable bonds is 5. The van der Waals surface area contributed by atoms with Crippen molar-refractivity contribution in [2.45, 2.75) is 24.9 Å². The zero-order valence-electron chi connectivity index (χ0n) is 11.0. The minimum absolute atomic E-state index is 0.00952. The number of likely N-dealkylation sites (N-methyl/N-ethyl adjacent to an activating group) is 1. The molecule has 0 radical (unpaired) electrons. The standard InChI is InChI=1S/C13H21N3OS/c1-16(2)12(10-5-7-18-9-10)8-15-13(17)11-4-3-6-14-11/h5,7,9,11-12,14H,3-4,6,8H2,1-2H3,(H,15,17). The summed E-state index contributed by atoms with van der Waals surface area (Å²) in [6.45, 7) is 1.63.